The van der Waals surface area contributed by atoms with Gasteiger partial charge in [-0.05, 0) is 56.6 Å². The summed E-state index contributed by atoms with van der Waals surface area (Å²) >= 11 is 1.31. The number of urea groups is 1. The highest BCUT2D eigenvalue weighted by atomic mass is 32.1. The lowest BCUT2D eigenvalue weighted by molar-refractivity contribution is -0.141. The Morgan fingerprint density at radius 2 is 2.04 bits per heavy atom. The molecule has 2 aliphatic rings. The van der Waals surface area contributed by atoms with E-state index in [9.17, 15) is 19.2 Å². The van der Waals surface area contributed by atoms with Gasteiger partial charge in [0.15, 0.2) is 6.61 Å². The molecule has 2 fully saturated rings. The number of rotatable bonds is 5. The molecule has 9 heteroatoms. The van der Waals surface area contributed by atoms with E-state index in [0.29, 0.717) is 28.6 Å². The molecule has 2 heterocycles. The average molecular weight is 407 g/mol. The number of ether oxygens (including phenoxy) is 1. The van der Waals surface area contributed by atoms with Gasteiger partial charge in [-0.3, -0.25) is 15.0 Å². The number of nitrogens with one attached hydrogen (secondary N) is 2. The Bertz CT molecular complexity index is 810. The maximum absolute atomic E-state index is 12.7. The summed E-state index contributed by atoms with van der Waals surface area (Å²) in [4.78, 5) is 50.6. The van der Waals surface area contributed by atoms with Gasteiger partial charge in [-0.1, -0.05) is 13.8 Å². The van der Waals surface area contributed by atoms with Gasteiger partial charge in [0, 0.05) is 4.88 Å². The van der Waals surface area contributed by atoms with Crippen molar-refractivity contribution in [2.75, 3.05) is 6.61 Å². The summed E-state index contributed by atoms with van der Waals surface area (Å²) in [6, 6.07) is 1.10. The van der Waals surface area contributed by atoms with Crippen molar-refractivity contribution in [2.45, 2.75) is 58.4 Å². The molecule has 1 saturated carbocycles. The maximum Gasteiger partial charge on any atom is 0.348 e. The van der Waals surface area contributed by atoms with Gasteiger partial charge in [-0.15, -0.1) is 11.3 Å². The summed E-state index contributed by atoms with van der Waals surface area (Å²) in [7, 11) is 0. The Balaban J connectivity index is 1.55. The zero-order valence-electron chi connectivity index (χ0n) is 16.3. The van der Waals surface area contributed by atoms with Crippen LogP contribution in [0.25, 0.3) is 0 Å². The average Bonchev–Trinajstić information content (AvgIpc) is 3.15. The van der Waals surface area contributed by atoms with Gasteiger partial charge in [-0.2, -0.15) is 5.01 Å². The molecule has 1 saturated heterocycles. The number of thiophene rings is 1. The molecule has 0 atom stereocenters. The molecular formula is C19H25N3O5S. The van der Waals surface area contributed by atoms with Crippen LogP contribution in [-0.4, -0.2) is 41.0 Å². The summed E-state index contributed by atoms with van der Waals surface area (Å²) in [6.07, 6.45) is 3.59. The van der Waals surface area contributed by atoms with E-state index in [1.807, 2.05) is 13.8 Å². The minimum atomic E-state index is -0.932. The zero-order valence-corrected chi connectivity index (χ0v) is 17.1. The van der Waals surface area contributed by atoms with E-state index in [-0.39, 0.29) is 0 Å². The quantitative estimate of drug-likeness (QED) is 0.576. The third-order valence-electron chi connectivity index (χ3n) is 5.46. The monoisotopic (exact) mass is 407 g/mol. The molecule has 1 aromatic heterocycles. The third kappa shape index (κ3) is 3.89. The largest absolute Gasteiger partial charge is 0.451 e. The van der Waals surface area contributed by atoms with Gasteiger partial charge in [0.25, 0.3) is 11.8 Å². The molecule has 4 amide bonds. The van der Waals surface area contributed by atoms with E-state index in [1.54, 1.807) is 6.07 Å². The van der Waals surface area contributed by atoms with Crippen molar-refractivity contribution < 1.29 is 23.9 Å². The topological polar surface area (TPSA) is 105 Å². The van der Waals surface area contributed by atoms with Crippen LogP contribution in [0.1, 0.15) is 59.6 Å². The van der Waals surface area contributed by atoms with E-state index in [2.05, 4.69) is 17.7 Å². The number of nitrogens with zero attached hydrogens (tertiary/aromatic N) is 1. The lowest BCUT2D eigenvalue weighted by atomic mass is 9.77. The molecule has 152 valence electrons. The molecule has 1 aliphatic heterocycles. The Labute approximate surface area is 167 Å². The van der Waals surface area contributed by atoms with Gasteiger partial charge in [0.1, 0.15) is 10.4 Å². The number of esters is 1. The van der Waals surface area contributed by atoms with Gasteiger partial charge in [0.2, 0.25) is 0 Å². The molecule has 3 rings (SSSR count). The number of aryl methyl sites for hydroxylation is 2. The molecule has 1 spiro atoms. The molecule has 1 aromatic rings. The van der Waals surface area contributed by atoms with E-state index >= 15 is 0 Å². The van der Waals surface area contributed by atoms with Crippen molar-refractivity contribution in [1.29, 1.82) is 0 Å². The van der Waals surface area contributed by atoms with E-state index in [0.717, 1.165) is 29.7 Å². The maximum atomic E-state index is 12.7. The van der Waals surface area contributed by atoms with E-state index < -0.39 is 36.0 Å². The minimum absolute atomic E-state index is 0.424. The van der Waals surface area contributed by atoms with Crippen molar-refractivity contribution in [3.05, 3.63) is 21.4 Å². The Morgan fingerprint density at radius 1 is 1.36 bits per heavy atom. The number of hydrazine groups is 1. The second kappa shape index (κ2) is 7.90. The third-order valence-corrected chi connectivity index (χ3v) is 6.54. The summed E-state index contributed by atoms with van der Waals surface area (Å²) < 4.78 is 5.02. The van der Waals surface area contributed by atoms with Crippen molar-refractivity contribution in [1.82, 2.24) is 15.8 Å². The predicted molar refractivity (Wildman–Crippen MR) is 103 cm³/mol. The molecule has 1 aliphatic carbocycles. The molecule has 0 bridgehead atoms. The molecule has 28 heavy (non-hydrogen) atoms. The highest BCUT2D eigenvalue weighted by Crippen LogP contribution is 2.35. The predicted octanol–water partition coefficient (Wildman–Crippen LogP) is 2.31. The van der Waals surface area contributed by atoms with Crippen LogP contribution in [0.2, 0.25) is 0 Å². The number of imide groups is 1. The lowest BCUT2D eigenvalue weighted by Gasteiger charge is -2.33. The fourth-order valence-electron chi connectivity index (χ4n) is 3.65. The second-order valence-corrected chi connectivity index (χ2v) is 8.75. The van der Waals surface area contributed by atoms with Gasteiger partial charge in [0.05, 0.1) is 0 Å². The fraction of sp³-hybridized carbons (Fsp3) is 0.579. The summed E-state index contributed by atoms with van der Waals surface area (Å²) in [6.45, 7) is 5.46. The van der Waals surface area contributed by atoms with Crippen LogP contribution in [0.5, 0.6) is 0 Å². The van der Waals surface area contributed by atoms with Crippen molar-refractivity contribution >= 4 is 35.2 Å². The molecule has 0 radical (unpaired) electrons. The van der Waals surface area contributed by atoms with Crippen LogP contribution in [0, 0.1) is 12.8 Å². The first-order valence-corrected chi connectivity index (χ1v) is 10.3. The highest BCUT2D eigenvalue weighted by molar-refractivity contribution is 7.14. The standard InChI is InChI=1S/C19H25N3O5S/c1-4-13-9-14(28-12(13)3)16(24)27-10-15(23)21-22-17(25)19(20-18(22)26)7-5-11(2)6-8-19/h9,11H,4-8,10H2,1-3H3,(H,20,26)(H,21,23). The lowest BCUT2D eigenvalue weighted by Crippen LogP contribution is -2.52. The Kier molecular flexibility index (Phi) is 5.74. The number of amides is 4. The normalized spacial score (nSPS) is 24.4. The van der Waals surface area contributed by atoms with Crippen LogP contribution < -0.4 is 10.7 Å². The Morgan fingerprint density at radius 3 is 2.64 bits per heavy atom. The van der Waals surface area contributed by atoms with Gasteiger partial charge in [-0.25, -0.2) is 9.59 Å². The summed E-state index contributed by atoms with van der Waals surface area (Å²) in [5.41, 5.74) is 2.39. The molecule has 8 nitrogen and oxygen atoms in total. The van der Waals surface area contributed by atoms with Gasteiger partial charge >= 0.3 is 12.0 Å². The van der Waals surface area contributed by atoms with Crippen LogP contribution >= 0.6 is 11.3 Å². The Hall–Kier alpha value is -2.42. The smallest absolute Gasteiger partial charge is 0.348 e. The number of hydrogen-bond donors (Lipinski definition) is 2. The van der Waals surface area contributed by atoms with Crippen LogP contribution in [0.4, 0.5) is 4.79 Å². The van der Waals surface area contributed by atoms with Crippen LogP contribution in [-0.2, 0) is 20.7 Å². The highest BCUT2D eigenvalue weighted by Gasteiger charge is 2.52. The summed E-state index contributed by atoms with van der Waals surface area (Å²) in [5.74, 6) is -1.28. The molecule has 0 unspecified atom stereocenters. The van der Waals surface area contributed by atoms with Gasteiger partial charge < -0.3 is 10.1 Å². The van der Waals surface area contributed by atoms with E-state index in [4.69, 9.17) is 4.74 Å². The molecular weight excluding hydrogens is 382 g/mol. The minimum Gasteiger partial charge on any atom is -0.451 e. The first-order chi connectivity index (χ1) is 13.3. The SMILES string of the molecule is CCc1cc(C(=O)OCC(=O)NN2C(=O)NC3(CCC(C)CC3)C2=O)sc1C. The van der Waals surface area contributed by atoms with Crippen molar-refractivity contribution in [3.63, 3.8) is 0 Å². The number of carbonyl (C=O) groups excluding carboxylic acids is 4. The molecule has 2 N–H and O–H groups in total. The molecule has 0 aromatic carbocycles. The fourth-order valence-corrected chi connectivity index (χ4v) is 4.65. The first-order valence-electron chi connectivity index (χ1n) is 9.48. The van der Waals surface area contributed by atoms with Crippen molar-refractivity contribution in [3.8, 4) is 0 Å². The van der Waals surface area contributed by atoms with E-state index in [1.165, 1.54) is 11.3 Å². The first kappa shape index (κ1) is 20.3. The van der Waals surface area contributed by atoms with Crippen molar-refractivity contribution in [2.24, 2.45) is 5.92 Å². The zero-order chi connectivity index (χ0) is 20.5. The summed E-state index contributed by atoms with van der Waals surface area (Å²) in [5, 5.41) is 3.42. The van der Waals surface area contributed by atoms with Crippen LogP contribution in [0.3, 0.4) is 0 Å². The number of hydrogen-bond acceptors (Lipinski definition) is 6. The van der Waals surface area contributed by atoms with Crippen LogP contribution in [0.15, 0.2) is 6.07 Å². The number of carbonyl (C=O) groups is 4. The second-order valence-electron chi connectivity index (χ2n) is 7.49.